The molecule has 1 amide bonds. The zero-order valence-electron chi connectivity index (χ0n) is 13.9. The highest BCUT2D eigenvalue weighted by Crippen LogP contribution is 2.34. The Balaban J connectivity index is 1.74. The van der Waals surface area contributed by atoms with Crippen molar-refractivity contribution in [1.29, 1.82) is 0 Å². The first-order chi connectivity index (χ1) is 11.1. The topological polar surface area (TPSA) is 59.6 Å². The van der Waals surface area contributed by atoms with Crippen LogP contribution in [0.1, 0.15) is 38.3 Å². The minimum atomic E-state index is -0.0137. The van der Waals surface area contributed by atoms with Crippen molar-refractivity contribution in [2.75, 3.05) is 26.3 Å². The van der Waals surface area contributed by atoms with Crippen molar-refractivity contribution in [3.05, 3.63) is 23.8 Å². The summed E-state index contributed by atoms with van der Waals surface area (Å²) >= 11 is 0. The summed E-state index contributed by atoms with van der Waals surface area (Å²) in [5, 5.41) is 6.54. The number of benzene rings is 1. The van der Waals surface area contributed by atoms with E-state index in [1.807, 2.05) is 18.2 Å². The molecule has 1 saturated heterocycles. The number of carbonyl (C=O) groups is 1. The fraction of sp³-hybridized carbons (Fsp3) is 0.611. The van der Waals surface area contributed by atoms with Gasteiger partial charge in [-0.15, -0.1) is 0 Å². The summed E-state index contributed by atoms with van der Waals surface area (Å²) in [7, 11) is 0. The molecule has 1 fully saturated rings. The Labute approximate surface area is 137 Å². The lowest BCUT2D eigenvalue weighted by Crippen LogP contribution is -2.42. The van der Waals surface area contributed by atoms with Crippen molar-refractivity contribution in [1.82, 2.24) is 10.6 Å². The van der Waals surface area contributed by atoms with E-state index >= 15 is 0 Å². The molecule has 0 aromatic heterocycles. The molecule has 23 heavy (non-hydrogen) atoms. The molecular weight excluding hydrogens is 292 g/mol. The average Bonchev–Trinajstić information content (AvgIpc) is 2.59. The van der Waals surface area contributed by atoms with Crippen LogP contribution < -0.4 is 20.1 Å². The molecule has 2 atom stereocenters. The smallest absolute Gasteiger partial charge is 0.224 e. The van der Waals surface area contributed by atoms with Crippen LogP contribution in [0.15, 0.2) is 18.2 Å². The fourth-order valence-corrected chi connectivity index (χ4v) is 3.24. The molecule has 0 radical (unpaired) electrons. The average molecular weight is 318 g/mol. The van der Waals surface area contributed by atoms with E-state index in [-0.39, 0.29) is 17.9 Å². The normalized spacial score (nSPS) is 21.8. The van der Waals surface area contributed by atoms with E-state index in [0.29, 0.717) is 19.1 Å². The number of rotatable bonds is 4. The van der Waals surface area contributed by atoms with Crippen molar-refractivity contribution in [3.8, 4) is 11.5 Å². The van der Waals surface area contributed by atoms with Gasteiger partial charge in [0.15, 0.2) is 11.5 Å². The Bertz CT molecular complexity index is 553. The Kier molecular flexibility index (Phi) is 5.06. The molecule has 2 N–H and O–H groups in total. The fourth-order valence-electron chi connectivity index (χ4n) is 3.24. The van der Waals surface area contributed by atoms with Gasteiger partial charge in [0.05, 0.1) is 12.0 Å². The van der Waals surface area contributed by atoms with Crippen LogP contribution in [0.2, 0.25) is 0 Å². The van der Waals surface area contributed by atoms with Crippen LogP contribution in [0.5, 0.6) is 11.5 Å². The van der Waals surface area contributed by atoms with Crippen LogP contribution in [0.25, 0.3) is 0 Å². The van der Waals surface area contributed by atoms with E-state index in [9.17, 15) is 4.79 Å². The summed E-state index contributed by atoms with van der Waals surface area (Å²) in [4.78, 5) is 12.6. The van der Waals surface area contributed by atoms with Gasteiger partial charge in [0.25, 0.3) is 0 Å². The SMILES string of the molecule is CC(C)C(NC(=O)C1CCCNC1)c1ccc2c(c1)OCCO2. The molecule has 0 spiro atoms. The lowest BCUT2D eigenvalue weighted by molar-refractivity contribution is -0.126. The molecule has 0 bridgehead atoms. The second kappa shape index (κ2) is 7.21. The predicted molar refractivity (Wildman–Crippen MR) is 88.7 cm³/mol. The Morgan fingerprint density at radius 3 is 2.74 bits per heavy atom. The lowest BCUT2D eigenvalue weighted by atomic mass is 9.93. The van der Waals surface area contributed by atoms with Gasteiger partial charge in [-0.1, -0.05) is 19.9 Å². The molecule has 1 aromatic carbocycles. The zero-order chi connectivity index (χ0) is 16.2. The summed E-state index contributed by atoms with van der Waals surface area (Å²) in [6.07, 6.45) is 2.03. The Morgan fingerprint density at radius 1 is 1.26 bits per heavy atom. The van der Waals surface area contributed by atoms with E-state index in [2.05, 4.69) is 24.5 Å². The van der Waals surface area contributed by atoms with Gasteiger partial charge < -0.3 is 20.1 Å². The van der Waals surface area contributed by atoms with Crippen molar-refractivity contribution >= 4 is 5.91 Å². The first kappa shape index (κ1) is 16.1. The molecule has 0 aliphatic carbocycles. The van der Waals surface area contributed by atoms with E-state index in [0.717, 1.165) is 43.0 Å². The van der Waals surface area contributed by atoms with Crippen molar-refractivity contribution in [2.24, 2.45) is 11.8 Å². The van der Waals surface area contributed by atoms with Crippen LogP contribution in [-0.4, -0.2) is 32.2 Å². The molecule has 2 aliphatic heterocycles. The summed E-state index contributed by atoms with van der Waals surface area (Å²) in [5.41, 5.74) is 1.07. The van der Waals surface area contributed by atoms with Gasteiger partial charge in [-0.25, -0.2) is 0 Å². The Hall–Kier alpha value is -1.75. The molecule has 126 valence electrons. The van der Waals surface area contributed by atoms with E-state index in [1.165, 1.54) is 0 Å². The van der Waals surface area contributed by atoms with Gasteiger partial charge in [0.1, 0.15) is 13.2 Å². The predicted octanol–water partition coefficient (Wildman–Crippen LogP) is 2.27. The number of carbonyl (C=O) groups excluding carboxylic acids is 1. The number of hydrogen-bond donors (Lipinski definition) is 2. The molecule has 2 heterocycles. The highest BCUT2D eigenvalue weighted by atomic mass is 16.6. The van der Waals surface area contributed by atoms with Crippen molar-refractivity contribution in [2.45, 2.75) is 32.7 Å². The number of hydrogen-bond acceptors (Lipinski definition) is 4. The maximum absolute atomic E-state index is 12.6. The number of amides is 1. The monoisotopic (exact) mass is 318 g/mol. The summed E-state index contributed by atoms with van der Waals surface area (Å²) in [6, 6.07) is 5.95. The van der Waals surface area contributed by atoms with E-state index in [4.69, 9.17) is 9.47 Å². The number of ether oxygens (including phenoxy) is 2. The van der Waals surface area contributed by atoms with Crippen LogP contribution in [0, 0.1) is 11.8 Å². The quantitative estimate of drug-likeness (QED) is 0.894. The summed E-state index contributed by atoms with van der Waals surface area (Å²) in [5.74, 6) is 2.07. The highest BCUT2D eigenvalue weighted by molar-refractivity contribution is 5.79. The summed E-state index contributed by atoms with van der Waals surface area (Å²) < 4.78 is 11.2. The van der Waals surface area contributed by atoms with Crippen LogP contribution in [0.4, 0.5) is 0 Å². The first-order valence-electron chi connectivity index (χ1n) is 8.56. The third-order valence-corrected chi connectivity index (χ3v) is 4.56. The first-order valence-corrected chi connectivity index (χ1v) is 8.56. The molecule has 1 aromatic rings. The number of fused-ring (bicyclic) bond motifs is 1. The number of nitrogens with one attached hydrogen (secondary N) is 2. The van der Waals surface area contributed by atoms with E-state index in [1.54, 1.807) is 0 Å². The molecule has 5 heteroatoms. The molecule has 0 saturated carbocycles. The zero-order valence-corrected chi connectivity index (χ0v) is 13.9. The standard InChI is InChI=1S/C18H26N2O3/c1-12(2)17(20-18(21)14-4-3-7-19-11-14)13-5-6-15-16(10-13)23-9-8-22-15/h5-6,10,12,14,17,19H,3-4,7-9,11H2,1-2H3,(H,20,21). The third kappa shape index (κ3) is 3.78. The van der Waals surface area contributed by atoms with Gasteiger partial charge >= 0.3 is 0 Å². The van der Waals surface area contributed by atoms with Crippen molar-refractivity contribution < 1.29 is 14.3 Å². The van der Waals surface area contributed by atoms with Gasteiger partial charge in [0, 0.05) is 6.54 Å². The van der Waals surface area contributed by atoms with Crippen LogP contribution in [0.3, 0.4) is 0 Å². The molecular formula is C18H26N2O3. The molecule has 2 aliphatic rings. The van der Waals surface area contributed by atoms with Crippen LogP contribution in [-0.2, 0) is 4.79 Å². The maximum Gasteiger partial charge on any atom is 0.224 e. The molecule has 3 rings (SSSR count). The molecule has 2 unspecified atom stereocenters. The van der Waals surface area contributed by atoms with Gasteiger partial charge in [-0.3, -0.25) is 4.79 Å². The largest absolute Gasteiger partial charge is 0.486 e. The van der Waals surface area contributed by atoms with Crippen molar-refractivity contribution in [3.63, 3.8) is 0 Å². The minimum Gasteiger partial charge on any atom is -0.486 e. The second-order valence-corrected chi connectivity index (χ2v) is 6.68. The van der Waals surface area contributed by atoms with Crippen LogP contribution >= 0.6 is 0 Å². The number of piperidine rings is 1. The van der Waals surface area contributed by atoms with Gasteiger partial charge in [0.2, 0.25) is 5.91 Å². The second-order valence-electron chi connectivity index (χ2n) is 6.68. The van der Waals surface area contributed by atoms with Gasteiger partial charge in [-0.2, -0.15) is 0 Å². The maximum atomic E-state index is 12.6. The Morgan fingerprint density at radius 2 is 2.04 bits per heavy atom. The minimum absolute atomic E-state index is 0.0137. The summed E-state index contributed by atoms with van der Waals surface area (Å²) in [6.45, 7) is 7.20. The molecule has 5 nitrogen and oxygen atoms in total. The van der Waals surface area contributed by atoms with Gasteiger partial charge in [-0.05, 0) is 43.0 Å². The highest BCUT2D eigenvalue weighted by Gasteiger charge is 2.26. The lowest BCUT2D eigenvalue weighted by Gasteiger charge is -2.28. The third-order valence-electron chi connectivity index (χ3n) is 4.56. The van der Waals surface area contributed by atoms with E-state index < -0.39 is 0 Å².